The molecular formula is C14H16N4OS. The zero-order valence-electron chi connectivity index (χ0n) is 11.1. The van der Waals surface area contributed by atoms with Gasteiger partial charge in [-0.25, -0.2) is 0 Å². The Morgan fingerprint density at radius 2 is 2.40 bits per heavy atom. The van der Waals surface area contributed by atoms with E-state index < -0.39 is 0 Å². The van der Waals surface area contributed by atoms with E-state index in [1.165, 1.54) is 29.8 Å². The Balaban J connectivity index is 1.67. The highest BCUT2D eigenvalue weighted by atomic mass is 32.1. The number of aromatic nitrogens is 2. The molecule has 0 saturated heterocycles. The van der Waals surface area contributed by atoms with Crippen molar-refractivity contribution in [1.82, 2.24) is 15.5 Å². The third-order valence-corrected chi connectivity index (χ3v) is 4.60. The minimum absolute atomic E-state index is 0.121. The molecule has 1 aliphatic rings. The summed E-state index contributed by atoms with van der Waals surface area (Å²) in [6.45, 7) is 0.657. The molecule has 1 aliphatic carbocycles. The topological polar surface area (TPSA) is 80.9 Å². The highest BCUT2D eigenvalue weighted by molar-refractivity contribution is 7.21. The first kappa shape index (κ1) is 13.1. The van der Waals surface area contributed by atoms with Gasteiger partial charge in [-0.15, -0.1) is 16.4 Å². The lowest BCUT2D eigenvalue weighted by molar-refractivity contribution is 0.0959. The molecule has 0 aromatic carbocycles. The Kier molecular flexibility index (Phi) is 3.64. The number of fused-ring (bicyclic) bond motifs is 1. The molecule has 3 N–H and O–H groups in total. The number of hydrogen-bond acceptors (Lipinski definition) is 5. The predicted octanol–water partition coefficient (Wildman–Crippen LogP) is 2.50. The van der Waals surface area contributed by atoms with Gasteiger partial charge < -0.3 is 11.1 Å². The number of nitrogens with two attached hydrogens (primary N) is 1. The summed E-state index contributed by atoms with van der Waals surface area (Å²) in [6, 6.07) is 1.79. The molecule has 5 nitrogen and oxygen atoms in total. The van der Waals surface area contributed by atoms with E-state index in [1.807, 2.05) is 0 Å². The zero-order valence-corrected chi connectivity index (χ0v) is 11.9. The maximum Gasteiger partial charge on any atom is 0.263 e. The number of carbonyl (C=O) groups excluding carboxylic acids is 1. The summed E-state index contributed by atoms with van der Waals surface area (Å²) in [5.41, 5.74) is 7.95. The van der Waals surface area contributed by atoms with E-state index in [-0.39, 0.29) is 5.91 Å². The first-order chi connectivity index (χ1) is 9.75. The van der Waals surface area contributed by atoms with Crippen LogP contribution >= 0.6 is 11.3 Å². The molecular weight excluding hydrogens is 272 g/mol. The molecule has 2 heterocycles. The monoisotopic (exact) mass is 288 g/mol. The van der Waals surface area contributed by atoms with Gasteiger partial charge in [0.2, 0.25) is 0 Å². The maximum atomic E-state index is 12.2. The van der Waals surface area contributed by atoms with Gasteiger partial charge in [0.05, 0.1) is 11.9 Å². The molecule has 1 amide bonds. The summed E-state index contributed by atoms with van der Waals surface area (Å²) in [5, 5.41) is 11.5. The lowest BCUT2D eigenvalue weighted by atomic mass is 10.2. The first-order valence-corrected chi connectivity index (χ1v) is 7.53. The molecule has 104 valence electrons. The standard InChI is InChI=1S/C14H16N4OS/c15-11-10-6-8-17-18-14(10)20-12(11)13(19)16-7-5-9-3-1-2-4-9/h3,6,8H,1-2,4-5,7,15H2,(H,16,19). The maximum absolute atomic E-state index is 12.2. The van der Waals surface area contributed by atoms with Crippen molar-refractivity contribution in [1.29, 1.82) is 0 Å². The summed E-state index contributed by atoms with van der Waals surface area (Å²) in [7, 11) is 0. The number of nitrogen functional groups attached to an aromatic ring is 1. The number of allylic oxidation sites excluding steroid dienone is 1. The fourth-order valence-electron chi connectivity index (χ4n) is 2.42. The van der Waals surface area contributed by atoms with Crippen LogP contribution in [-0.2, 0) is 0 Å². The van der Waals surface area contributed by atoms with Crippen molar-refractivity contribution < 1.29 is 4.79 Å². The number of nitrogens with one attached hydrogen (secondary N) is 1. The van der Waals surface area contributed by atoms with E-state index in [0.717, 1.165) is 18.2 Å². The number of carbonyl (C=O) groups is 1. The van der Waals surface area contributed by atoms with Crippen molar-refractivity contribution in [3.05, 3.63) is 28.8 Å². The summed E-state index contributed by atoms with van der Waals surface area (Å²) < 4.78 is 0. The van der Waals surface area contributed by atoms with E-state index in [2.05, 4.69) is 21.6 Å². The van der Waals surface area contributed by atoms with Crippen LogP contribution in [0.25, 0.3) is 10.2 Å². The van der Waals surface area contributed by atoms with Gasteiger partial charge in [-0.1, -0.05) is 11.6 Å². The number of anilines is 1. The Morgan fingerprint density at radius 1 is 1.50 bits per heavy atom. The van der Waals surface area contributed by atoms with Crippen molar-refractivity contribution in [2.24, 2.45) is 0 Å². The normalized spacial score (nSPS) is 14.5. The van der Waals surface area contributed by atoms with Gasteiger partial charge in [-0.05, 0) is 31.7 Å². The van der Waals surface area contributed by atoms with Crippen LogP contribution in [0, 0.1) is 0 Å². The second kappa shape index (κ2) is 5.58. The fourth-order valence-corrected chi connectivity index (χ4v) is 3.38. The van der Waals surface area contributed by atoms with E-state index in [4.69, 9.17) is 5.73 Å². The molecule has 0 saturated carbocycles. The molecule has 2 aromatic heterocycles. The quantitative estimate of drug-likeness (QED) is 0.847. The Bertz CT molecular complexity index is 677. The average Bonchev–Trinajstić information content (AvgIpc) is 3.08. The van der Waals surface area contributed by atoms with Crippen LogP contribution in [0.3, 0.4) is 0 Å². The molecule has 0 unspecified atom stereocenters. The summed E-state index contributed by atoms with van der Waals surface area (Å²) >= 11 is 1.29. The van der Waals surface area contributed by atoms with E-state index in [0.29, 0.717) is 21.9 Å². The van der Waals surface area contributed by atoms with Gasteiger partial charge in [0.25, 0.3) is 5.91 Å². The van der Waals surface area contributed by atoms with Gasteiger partial charge in [0, 0.05) is 11.9 Å². The van der Waals surface area contributed by atoms with Crippen LogP contribution < -0.4 is 11.1 Å². The molecule has 20 heavy (non-hydrogen) atoms. The third-order valence-electron chi connectivity index (χ3n) is 3.49. The Labute approximate surface area is 120 Å². The zero-order chi connectivity index (χ0) is 13.9. The van der Waals surface area contributed by atoms with E-state index >= 15 is 0 Å². The Morgan fingerprint density at radius 3 is 3.15 bits per heavy atom. The number of nitrogens with zero attached hydrogens (tertiary/aromatic N) is 2. The van der Waals surface area contributed by atoms with Gasteiger partial charge in [-0.2, -0.15) is 5.10 Å². The van der Waals surface area contributed by atoms with Crippen LogP contribution in [0.5, 0.6) is 0 Å². The summed E-state index contributed by atoms with van der Waals surface area (Å²) in [5.74, 6) is -0.121. The highest BCUT2D eigenvalue weighted by Crippen LogP contribution is 2.31. The fraction of sp³-hybridized carbons (Fsp3) is 0.357. The van der Waals surface area contributed by atoms with E-state index in [9.17, 15) is 4.79 Å². The highest BCUT2D eigenvalue weighted by Gasteiger charge is 2.17. The van der Waals surface area contributed by atoms with Crippen LogP contribution in [0.15, 0.2) is 23.9 Å². The summed E-state index contributed by atoms with van der Waals surface area (Å²) in [4.78, 5) is 13.4. The second-order valence-corrected chi connectivity index (χ2v) is 5.85. The van der Waals surface area contributed by atoms with Crippen molar-refractivity contribution in [3.63, 3.8) is 0 Å². The number of amides is 1. The first-order valence-electron chi connectivity index (χ1n) is 6.71. The van der Waals surface area contributed by atoms with Gasteiger partial charge in [0.15, 0.2) is 0 Å². The van der Waals surface area contributed by atoms with Gasteiger partial charge in [0.1, 0.15) is 9.71 Å². The van der Waals surface area contributed by atoms with Crippen molar-refractivity contribution in [2.45, 2.75) is 25.7 Å². The third kappa shape index (κ3) is 2.51. The minimum Gasteiger partial charge on any atom is -0.397 e. The van der Waals surface area contributed by atoms with Gasteiger partial charge >= 0.3 is 0 Å². The molecule has 0 atom stereocenters. The predicted molar refractivity (Wildman–Crippen MR) is 80.7 cm³/mol. The van der Waals surface area contributed by atoms with Crippen molar-refractivity contribution in [2.75, 3.05) is 12.3 Å². The molecule has 0 spiro atoms. The molecule has 6 heteroatoms. The minimum atomic E-state index is -0.121. The van der Waals surface area contributed by atoms with Gasteiger partial charge in [-0.3, -0.25) is 4.79 Å². The van der Waals surface area contributed by atoms with Crippen LogP contribution in [0.1, 0.15) is 35.4 Å². The molecule has 0 bridgehead atoms. The molecule has 3 rings (SSSR count). The van der Waals surface area contributed by atoms with Crippen LogP contribution in [0.2, 0.25) is 0 Å². The lowest BCUT2D eigenvalue weighted by Gasteiger charge is -2.05. The van der Waals surface area contributed by atoms with Crippen molar-refractivity contribution in [3.8, 4) is 0 Å². The lowest BCUT2D eigenvalue weighted by Crippen LogP contribution is -2.24. The second-order valence-electron chi connectivity index (χ2n) is 4.86. The van der Waals surface area contributed by atoms with Crippen molar-refractivity contribution >= 4 is 33.1 Å². The largest absolute Gasteiger partial charge is 0.397 e. The number of rotatable bonds is 4. The van der Waals surface area contributed by atoms with E-state index in [1.54, 1.807) is 12.3 Å². The average molecular weight is 288 g/mol. The molecule has 0 aliphatic heterocycles. The molecule has 0 radical (unpaired) electrons. The van der Waals surface area contributed by atoms with Crippen LogP contribution in [0.4, 0.5) is 5.69 Å². The SMILES string of the molecule is Nc1c(C(=O)NCCC2=CCCC2)sc2nnccc12. The summed E-state index contributed by atoms with van der Waals surface area (Å²) in [6.07, 6.45) is 8.36. The van der Waals surface area contributed by atoms with Crippen LogP contribution in [-0.4, -0.2) is 22.6 Å². The Hall–Kier alpha value is -1.95. The number of thiophene rings is 1. The molecule has 0 fully saturated rings. The molecule has 2 aromatic rings. The smallest absolute Gasteiger partial charge is 0.263 e. The number of hydrogen-bond donors (Lipinski definition) is 2.